The van der Waals surface area contributed by atoms with Gasteiger partial charge in [-0.2, -0.15) is 5.10 Å². The zero-order valence-electron chi connectivity index (χ0n) is 16.0. The van der Waals surface area contributed by atoms with Gasteiger partial charge in [-0.05, 0) is 37.3 Å². The lowest BCUT2D eigenvalue weighted by molar-refractivity contribution is 0.103. The van der Waals surface area contributed by atoms with E-state index in [1.807, 2.05) is 13.0 Å². The van der Waals surface area contributed by atoms with Crippen LogP contribution < -0.4 is 14.8 Å². The zero-order chi connectivity index (χ0) is 20.5. The first kappa shape index (κ1) is 18.9. The van der Waals surface area contributed by atoms with Crippen molar-refractivity contribution in [2.24, 2.45) is 0 Å². The van der Waals surface area contributed by atoms with Crippen molar-refractivity contribution in [2.45, 2.75) is 6.92 Å². The Kier molecular flexibility index (Phi) is 4.94. The van der Waals surface area contributed by atoms with Crippen LogP contribution in [0.5, 0.6) is 11.5 Å². The average molecular weight is 411 g/mol. The number of carbonyl (C=O) groups excluding carboxylic acids is 1. The van der Waals surface area contributed by atoms with E-state index < -0.39 is 0 Å². The molecule has 2 heterocycles. The number of ether oxygens (including phenoxy) is 2. The number of carbonyl (C=O) groups is 1. The quantitative estimate of drug-likeness (QED) is 0.512. The molecule has 0 aliphatic rings. The Morgan fingerprint density at radius 2 is 1.72 bits per heavy atom. The maximum Gasteiger partial charge on any atom is 0.265 e. The fraction of sp³-hybridized carbons (Fsp3) is 0.143. The number of thiophene rings is 1. The summed E-state index contributed by atoms with van der Waals surface area (Å²) in [6.45, 7) is 1.88. The first-order chi connectivity index (χ1) is 14.0. The van der Waals surface area contributed by atoms with Gasteiger partial charge in [0.05, 0.1) is 30.5 Å². The molecule has 4 aromatic rings. The number of amides is 1. The highest BCUT2D eigenvalue weighted by Gasteiger charge is 2.18. The minimum Gasteiger partial charge on any atom is -0.497 e. The molecule has 0 atom stereocenters. The Balaban J connectivity index is 1.67. The molecule has 0 spiro atoms. The molecular formula is C21H18FN3O3S. The molecule has 0 bridgehead atoms. The zero-order valence-corrected chi connectivity index (χ0v) is 16.8. The third kappa shape index (κ3) is 3.66. The summed E-state index contributed by atoms with van der Waals surface area (Å²) in [4.78, 5) is 14.2. The van der Waals surface area contributed by atoms with E-state index >= 15 is 0 Å². The van der Waals surface area contributed by atoms with Crippen LogP contribution in [-0.2, 0) is 0 Å². The Bertz CT molecular complexity index is 1180. The van der Waals surface area contributed by atoms with E-state index in [9.17, 15) is 9.18 Å². The predicted octanol–water partition coefficient (Wildman–Crippen LogP) is 4.80. The SMILES string of the molecule is COc1cc(NC(=O)c2cc3c(C)nn(-c4ccc(F)cc4)c3s2)cc(OC)c1. The smallest absolute Gasteiger partial charge is 0.265 e. The molecule has 1 amide bonds. The Morgan fingerprint density at radius 3 is 2.34 bits per heavy atom. The van der Waals surface area contributed by atoms with Gasteiger partial charge in [0.25, 0.3) is 5.91 Å². The van der Waals surface area contributed by atoms with E-state index in [0.717, 1.165) is 21.6 Å². The average Bonchev–Trinajstić information content (AvgIpc) is 3.29. The molecule has 0 unspecified atom stereocenters. The topological polar surface area (TPSA) is 65.4 Å². The van der Waals surface area contributed by atoms with Crippen molar-refractivity contribution in [3.8, 4) is 17.2 Å². The van der Waals surface area contributed by atoms with Crippen LogP contribution in [0.25, 0.3) is 15.9 Å². The van der Waals surface area contributed by atoms with Crippen LogP contribution in [-0.4, -0.2) is 29.9 Å². The van der Waals surface area contributed by atoms with Crippen molar-refractivity contribution in [1.82, 2.24) is 9.78 Å². The molecule has 6 nitrogen and oxygen atoms in total. The minimum atomic E-state index is -0.311. The van der Waals surface area contributed by atoms with Crippen molar-refractivity contribution in [3.05, 3.63) is 64.9 Å². The van der Waals surface area contributed by atoms with Gasteiger partial charge in [-0.1, -0.05) is 0 Å². The number of halogens is 1. The van der Waals surface area contributed by atoms with Crippen LogP contribution in [0.4, 0.5) is 10.1 Å². The van der Waals surface area contributed by atoms with Crippen LogP contribution in [0.1, 0.15) is 15.4 Å². The lowest BCUT2D eigenvalue weighted by atomic mass is 10.2. The van der Waals surface area contributed by atoms with Crippen molar-refractivity contribution < 1.29 is 18.7 Å². The van der Waals surface area contributed by atoms with E-state index in [1.54, 1.807) is 49.2 Å². The highest BCUT2D eigenvalue weighted by Crippen LogP contribution is 2.32. The number of nitrogens with one attached hydrogen (secondary N) is 1. The first-order valence-corrected chi connectivity index (χ1v) is 9.59. The Morgan fingerprint density at radius 1 is 1.07 bits per heavy atom. The van der Waals surface area contributed by atoms with E-state index in [0.29, 0.717) is 22.1 Å². The number of fused-ring (bicyclic) bond motifs is 1. The van der Waals surface area contributed by atoms with Crippen LogP contribution in [0.15, 0.2) is 48.5 Å². The monoisotopic (exact) mass is 411 g/mol. The molecular weight excluding hydrogens is 393 g/mol. The Hall–Kier alpha value is -3.39. The van der Waals surface area contributed by atoms with E-state index in [1.165, 1.54) is 23.5 Å². The van der Waals surface area contributed by atoms with Gasteiger partial charge >= 0.3 is 0 Å². The maximum atomic E-state index is 13.2. The van der Waals surface area contributed by atoms with Gasteiger partial charge in [0.1, 0.15) is 22.1 Å². The maximum absolute atomic E-state index is 13.2. The largest absolute Gasteiger partial charge is 0.497 e. The van der Waals surface area contributed by atoms with Gasteiger partial charge in [0.15, 0.2) is 0 Å². The molecule has 0 saturated heterocycles. The molecule has 4 rings (SSSR count). The van der Waals surface area contributed by atoms with Gasteiger partial charge in [0, 0.05) is 29.3 Å². The summed E-state index contributed by atoms with van der Waals surface area (Å²) >= 11 is 1.32. The fourth-order valence-electron chi connectivity index (χ4n) is 2.99. The van der Waals surface area contributed by atoms with Crippen molar-refractivity contribution in [3.63, 3.8) is 0 Å². The normalized spacial score (nSPS) is 10.9. The van der Waals surface area contributed by atoms with Gasteiger partial charge in [0.2, 0.25) is 0 Å². The standard InChI is InChI=1S/C21H18FN3O3S/c1-12-18-11-19(20(26)23-14-8-16(27-2)10-17(9-14)28-3)29-21(18)25(24-12)15-6-4-13(22)5-7-15/h4-11H,1-3H3,(H,23,26). The second-order valence-electron chi connectivity index (χ2n) is 6.36. The van der Waals surface area contributed by atoms with Crippen molar-refractivity contribution in [1.29, 1.82) is 0 Å². The van der Waals surface area contributed by atoms with Crippen molar-refractivity contribution >= 4 is 33.1 Å². The Labute approximate surface area is 170 Å². The van der Waals surface area contributed by atoms with E-state index in [-0.39, 0.29) is 11.7 Å². The summed E-state index contributed by atoms with van der Waals surface area (Å²) in [5.41, 5.74) is 2.10. The summed E-state index contributed by atoms with van der Waals surface area (Å²) in [7, 11) is 3.10. The molecule has 0 radical (unpaired) electrons. The van der Waals surface area contributed by atoms with E-state index in [2.05, 4.69) is 10.4 Å². The van der Waals surface area contributed by atoms with Crippen LogP contribution in [0.3, 0.4) is 0 Å². The van der Waals surface area contributed by atoms with Crippen LogP contribution >= 0.6 is 11.3 Å². The molecule has 29 heavy (non-hydrogen) atoms. The fourth-order valence-corrected chi connectivity index (χ4v) is 4.07. The molecule has 148 valence electrons. The summed E-state index contributed by atoms with van der Waals surface area (Å²) < 4.78 is 25.5. The number of nitrogens with zero attached hydrogens (tertiary/aromatic N) is 2. The van der Waals surface area contributed by atoms with Crippen LogP contribution in [0, 0.1) is 12.7 Å². The molecule has 0 aliphatic heterocycles. The molecule has 1 N–H and O–H groups in total. The molecule has 0 fully saturated rings. The number of anilines is 1. The molecule has 2 aromatic heterocycles. The molecule has 0 saturated carbocycles. The summed E-state index contributed by atoms with van der Waals surface area (Å²) in [6.07, 6.45) is 0. The summed E-state index contributed by atoms with van der Waals surface area (Å²) in [5, 5.41) is 8.28. The first-order valence-electron chi connectivity index (χ1n) is 8.78. The van der Waals surface area contributed by atoms with Gasteiger partial charge < -0.3 is 14.8 Å². The predicted molar refractivity (Wildman–Crippen MR) is 111 cm³/mol. The molecule has 8 heteroatoms. The van der Waals surface area contributed by atoms with Crippen LogP contribution in [0.2, 0.25) is 0 Å². The van der Waals surface area contributed by atoms with Gasteiger partial charge in [-0.25, -0.2) is 9.07 Å². The number of rotatable bonds is 5. The second kappa shape index (κ2) is 7.56. The number of benzene rings is 2. The second-order valence-corrected chi connectivity index (χ2v) is 7.39. The van der Waals surface area contributed by atoms with Gasteiger partial charge in [-0.15, -0.1) is 11.3 Å². The minimum absolute atomic E-state index is 0.244. The lowest BCUT2D eigenvalue weighted by Gasteiger charge is -2.09. The van der Waals surface area contributed by atoms with E-state index in [4.69, 9.17) is 9.47 Å². The molecule has 2 aromatic carbocycles. The third-order valence-corrected chi connectivity index (χ3v) is 5.56. The van der Waals surface area contributed by atoms with Crippen molar-refractivity contribution in [2.75, 3.05) is 19.5 Å². The highest BCUT2D eigenvalue weighted by molar-refractivity contribution is 7.20. The highest BCUT2D eigenvalue weighted by atomic mass is 32.1. The number of methoxy groups -OCH3 is 2. The summed E-state index contributed by atoms with van der Waals surface area (Å²) in [6, 6.07) is 13.1. The molecule has 0 aliphatic carbocycles. The lowest BCUT2D eigenvalue weighted by Crippen LogP contribution is -2.10. The number of aryl methyl sites for hydroxylation is 1. The summed E-state index contributed by atoms with van der Waals surface area (Å²) in [5.74, 6) is 0.609. The number of hydrogen-bond acceptors (Lipinski definition) is 5. The number of aromatic nitrogens is 2. The van der Waals surface area contributed by atoms with Gasteiger partial charge in [-0.3, -0.25) is 4.79 Å². The number of hydrogen-bond donors (Lipinski definition) is 1. The third-order valence-electron chi connectivity index (χ3n) is 4.45.